The van der Waals surface area contributed by atoms with Crippen molar-refractivity contribution in [3.05, 3.63) is 24.1 Å². The number of rotatable bonds is 4. The molecule has 1 unspecified atom stereocenters. The summed E-state index contributed by atoms with van der Waals surface area (Å²) in [6.45, 7) is 5.64. The number of nitrogens with one attached hydrogen (secondary N) is 1. The van der Waals surface area contributed by atoms with E-state index < -0.39 is 5.91 Å². The third-order valence-electron chi connectivity index (χ3n) is 2.07. The molecule has 0 saturated carbocycles. The molecule has 2 amide bonds. The quantitative estimate of drug-likeness (QED) is 0.596. The second kappa shape index (κ2) is 8.38. The Kier molecular flexibility index (Phi) is 7.50. The molecule has 1 heterocycles. The van der Waals surface area contributed by atoms with E-state index in [1.54, 1.807) is 24.3 Å². The zero-order chi connectivity index (χ0) is 13.3. The van der Waals surface area contributed by atoms with Gasteiger partial charge in [0, 0.05) is 25.2 Å². The molecule has 1 aliphatic heterocycles. The number of ether oxygens (including phenoxy) is 1. The van der Waals surface area contributed by atoms with Crippen LogP contribution in [0, 0.1) is 0 Å². The highest BCUT2D eigenvalue weighted by atomic mass is 16.5. The molecule has 1 atom stereocenters. The molecule has 1 N–H and O–H groups in total. The Morgan fingerprint density at radius 2 is 2.18 bits per heavy atom. The summed E-state index contributed by atoms with van der Waals surface area (Å²) in [5, 5.41) is 2.07. The van der Waals surface area contributed by atoms with E-state index in [2.05, 4.69) is 5.32 Å². The lowest BCUT2D eigenvalue weighted by Crippen LogP contribution is -2.28. The normalized spacial score (nSPS) is 17.6. The Morgan fingerprint density at radius 3 is 2.65 bits per heavy atom. The molecule has 0 aromatic rings. The van der Waals surface area contributed by atoms with Crippen molar-refractivity contribution < 1.29 is 14.3 Å². The van der Waals surface area contributed by atoms with Crippen molar-refractivity contribution in [1.82, 2.24) is 10.2 Å². The van der Waals surface area contributed by atoms with Crippen molar-refractivity contribution in [2.24, 2.45) is 0 Å². The first-order valence-corrected chi connectivity index (χ1v) is 5.60. The van der Waals surface area contributed by atoms with Gasteiger partial charge < -0.3 is 9.64 Å². The van der Waals surface area contributed by atoms with Crippen LogP contribution in [0.5, 0.6) is 0 Å². The predicted molar refractivity (Wildman–Crippen MR) is 65.7 cm³/mol. The van der Waals surface area contributed by atoms with Crippen molar-refractivity contribution in [3.8, 4) is 0 Å². The number of hydrogen-bond donors (Lipinski definition) is 1. The minimum atomic E-state index is -0.400. The summed E-state index contributed by atoms with van der Waals surface area (Å²) in [7, 11) is 1.81. The number of hydrogen-bond acceptors (Lipinski definition) is 4. The number of imide groups is 1. The zero-order valence-corrected chi connectivity index (χ0v) is 10.8. The van der Waals surface area contributed by atoms with Gasteiger partial charge in [0.05, 0.1) is 6.26 Å². The third kappa shape index (κ3) is 5.19. The first-order chi connectivity index (χ1) is 8.15. The summed E-state index contributed by atoms with van der Waals surface area (Å²) in [6, 6.07) is 0. The molecule has 96 valence electrons. The van der Waals surface area contributed by atoms with Crippen molar-refractivity contribution in [2.75, 3.05) is 7.05 Å². The first kappa shape index (κ1) is 15.2. The van der Waals surface area contributed by atoms with E-state index in [1.165, 1.54) is 0 Å². The minimum Gasteiger partial charge on any atom is -0.478 e. The molecule has 0 aliphatic carbocycles. The summed E-state index contributed by atoms with van der Waals surface area (Å²) in [5.74, 6) is -0.400. The molecule has 1 aliphatic rings. The van der Waals surface area contributed by atoms with Gasteiger partial charge in [-0.2, -0.15) is 0 Å². The molecule has 17 heavy (non-hydrogen) atoms. The van der Waals surface area contributed by atoms with Crippen molar-refractivity contribution >= 4 is 12.3 Å². The van der Waals surface area contributed by atoms with Crippen LogP contribution in [0.4, 0.5) is 0 Å². The van der Waals surface area contributed by atoms with Gasteiger partial charge in [0.15, 0.2) is 6.23 Å². The van der Waals surface area contributed by atoms with Gasteiger partial charge in [-0.15, -0.1) is 0 Å². The maximum atomic E-state index is 11.2. The average molecular weight is 240 g/mol. The van der Waals surface area contributed by atoms with Crippen molar-refractivity contribution in [3.63, 3.8) is 0 Å². The van der Waals surface area contributed by atoms with Crippen LogP contribution in [0.2, 0.25) is 0 Å². The molecule has 0 bridgehead atoms. The average Bonchev–Trinajstić information content (AvgIpc) is 2.85. The lowest BCUT2D eigenvalue weighted by atomic mass is 10.3. The van der Waals surface area contributed by atoms with Crippen LogP contribution in [-0.4, -0.2) is 30.5 Å². The van der Waals surface area contributed by atoms with Gasteiger partial charge in [-0.1, -0.05) is 13.8 Å². The maximum absolute atomic E-state index is 11.2. The second-order valence-electron chi connectivity index (χ2n) is 3.27. The van der Waals surface area contributed by atoms with Gasteiger partial charge in [-0.25, -0.2) is 0 Å². The summed E-state index contributed by atoms with van der Waals surface area (Å²) < 4.78 is 5.25. The summed E-state index contributed by atoms with van der Waals surface area (Å²) >= 11 is 0. The third-order valence-corrected chi connectivity index (χ3v) is 2.07. The molecule has 0 spiro atoms. The smallest absolute Gasteiger partial charge is 0.254 e. The Balaban J connectivity index is 0.00000121. The Bertz CT molecular complexity index is 303. The number of carbonyl (C=O) groups excluding carboxylic acids is 2. The zero-order valence-electron chi connectivity index (χ0n) is 10.8. The van der Waals surface area contributed by atoms with E-state index in [9.17, 15) is 9.59 Å². The maximum Gasteiger partial charge on any atom is 0.254 e. The monoisotopic (exact) mass is 240 g/mol. The van der Waals surface area contributed by atoms with Crippen LogP contribution >= 0.6 is 0 Å². The van der Waals surface area contributed by atoms with E-state index in [0.717, 1.165) is 6.42 Å². The van der Waals surface area contributed by atoms with Gasteiger partial charge in [0.25, 0.3) is 5.91 Å². The minimum absolute atomic E-state index is 0.0658. The van der Waals surface area contributed by atoms with E-state index in [0.29, 0.717) is 12.0 Å². The van der Waals surface area contributed by atoms with Crippen LogP contribution in [-0.2, 0) is 14.3 Å². The fourth-order valence-electron chi connectivity index (χ4n) is 1.25. The number of nitrogens with zero attached hydrogens (tertiary/aromatic N) is 1. The van der Waals surface area contributed by atoms with Crippen molar-refractivity contribution in [2.45, 2.75) is 33.4 Å². The van der Waals surface area contributed by atoms with Gasteiger partial charge in [-0.3, -0.25) is 14.9 Å². The second-order valence-corrected chi connectivity index (χ2v) is 3.27. The summed E-state index contributed by atoms with van der Waals surface area (Å²) in [6.07, 6.45) is 6.29. The van der Waals surface area contributed by atoms with E-state index in [4.69, 9.17) is 4.74 Å². The van der Waals surface area contributed by atoms with Gasteiger partial charge >= 0.3 is 0 Å². The van der Waals surface area contributed by atoms with Crippen LogP contribution in [0.25, 0.3) is 0 Å². The number of amides is 2. The Morgan fingerprint density at radius 1 is 1.53 bits per heavy atom. The molecule has 5 heteroatoms. The summed E-state index contributed by atoms with van der Waals surface area (Å²) in [4.78, 5) is 23.0. The highest BCUT2D eigenvalue weighted by Crippen LogP contribution is 2.13. The van der Waals surface area contributed by atoms with Crippen molar-refractivity contribution in [1.29, 1.82) is 0 Å². The van der Waals surface area contributed by atoms with E-state index in [-0.39, 0.29) is 6.23 Å². The fraction of sp³-hybridized carbons (Fsp3) is 0.500. The van der Waals surface area contributed by atoms with E-state index >= 15 is 0 Å². The molecule has 0 saturated heterocycles. The fourth-order valence-corrected chi connectivity index (χ4v) is 1.25. The standard InChI is InChI=1S/C10H14N2O3.C2H6/c1-8(10(14)11-7-13)6-12(2)9-4-3-5-15-9;1-2/h3,5-7,9H,4H2,1-2H3,(H,11,13,14);1-2H3/b8-6-;. The van der Waals surface area contributed by atoms with Gasteiger partial charge in [0.2, 0.25) is 6.41 Å². The van der Waals surface area contributed by atoms with Crippen LogP contribution < -0.4 is 5.32 Å². The Hall–Kier alpha value is -1.78. The molecular weight excluding hydrogens is 220 g/mol. The summed E-state index contributed by atoms with van der Waals surface area (Å²) in [5.41, 5.74) is 0.458. The van der Waals surface area contributed by atoms with Crippen LogP contribution in [0.15, 0.2) is 24.1 Å². The van der Waals surface area contributed by atoms with Crippen LogP contribution in [0.1, 0.15) is 27.2 Å². The lowest BCUT2D eigenvalue weighted by Gasteiger charge is -2.22. The largest absolute Gasteiger partial charge is 0.478 e. The topological polar surface area (TPSA) is 58.6 Å². The molecule has 0 radical (unpaired) electrons. The predicted octanol–water partition coefficient (Wildman–Crippen LogP) is 1.38. The highest BCUT2D eigenvalue weighted by Gasteiger charge is 2.15. The molecule has 0 aromatic heterocycles. The highest BCUT2D eigenvalue weighted by molar-refractivity contribution is 5.98. The number of carbonyl (C=O) groups is 2. The Labute approximate surface area is 102 Å². The van der Waals surface area contributed by atoms with E-state index in [1.807, 2.05) is 27.0 Å². The van der Waals surface area contributed by atoms with Gasteiger partial charge in [0.1, 0.15) is 0 Å². The SMILES string of the molecule is C/C(=C/N(C)C1CC=CO1)C(=O)NC=O.CC. The lowest BCUT2D eigenvalue weighted by molar-refractivity contribution is -0.122. The first-order valence-electron chi connectivity index (χ1n) is 5.60. The van der Waals surface area contributed by atoms with Gasteiger partial charge in [-0.05, 0) is 13.0 Å². The molecular formula is C12H20N2O3. The molecule has 0 aromatic carbocycles. The van der Waals surface area contributed by atoms with Crippen LogP contribution in [0.3, 0.4) is 0 Å². The molecule has 0 fully saturated rings. The molecule has 1 rings (SSSR count). The molecule has 5 nitrogen and oxygen atoms in total.